The van der Waals surface area contributed by atoms with Crippen molar-refractivity contribution in [1.82, 2.24) is 20.2 Å². The third-order valence-corrected chi connectivity index (χ3v) is 6.37. The molecule has 0 aliphatic carbocycles. The second-order valence-electron chi connectivity index (χ2n) is 8.42. The molecular weight excluding hydrogens is 428 g/mol. The van der Waals surface area contributed by atoms with E-state index in [0.717, 1.165) is 67.5 Å². The number of carboxylic acids is 1. The first-order valence-corrected chi connectivity index (χ1v) is 11.1. The molecule has 7 nitrogen and oxygen atoms in total. The Bertz CT molecular complexity index is 1590. The molecule has 166 valence electrons. The van der Waals surface area contributed by atoms with Gasteiger partial charge in [-0.25, -0.2) is 4.98 Å². The number of ether oxygens (including phenoxy) is 1. The van der Waals surface area contributed by atoms with Crippen LogP contribution in [0, 0.1) is 6.92 Å². The highest BCUT2D eigenvalue weighted by molar-refractivity contribution is 6.08. The van der Waals surface area contributed by atoms with Gasteiger partial charge in [0.1, 0.15) is 5.75 Å². The number of carbonyl (C=O) groups is 1. The van der Waals surface area contributed by atoms with Gasteiger partial charge in [-0.1, -0.05) is 6.07 Å². The highest BCUT2D eigenvalue weighted by Gasteiger charge is 2.22. The van der Waals surface area contributed by atoms with Crippen LogP contribution in [0.3, 0.4) is 0 Å². The minimum Gasteiger partial charge on any atom is -0.493 e. The molecule has 0 saturated carbocycles. The standard InChI is InChI=1S/C27H20N4O3/c1-15-12-22-18(2-4-21(31-22)17-7-10-29-30-14-17)26(20(15)13-24(32)33)19-3-5-23-25-16(8-11-34-23)6-9-28-27(19)25/h2-7,9-10,12,14H,8,11,13H2,1H3,(H,32,33). The lowest BCUT2D eigenvalue weighted by atomic mass is 9.87. The van der Waals surface area contributed by atoms with Crippen molar-refractivity contribution < 1.29 is 14.6 Å². The SMILES string of the molecule is Cc1cc2nc(-c3ccnnc3)ccc2c(-c2ccc3c4c(ccnc24)CCO3)c1CC(=O)O. The summed E-state index contributed by atoms with van der Waals surface area (Å²) in [7, 11) is 0. The second-order valence-corrected chi connectivity index (χ2v) is 8.42. The number of benzene rings is 2. The van der Waals surface area contributed by atoms with E-state index in [-0.39, 0.29) is 6.42 Å². The molecule has 3 aromatic heterocycles. The van der Waals surface area contributed by atoms with Crippen molar-refractivity contribution in [2.24, 2.45) is 0 Å². The molecule has 0 bridgehead atoms. The van der Waals surface area contributed by atoms with E-state index in [1.807, 2.05) is 55.6 Å². The molecule has 0 radical (unpaired) electrons. The van der Waals surface area contributed by atoms with Crippen LogP contribution in [0.1, 0.15) is 16.7 Å². The first-order chi connectivity index (χ1) is 16.6. The summed E-state index contributed by atoms with van der Waals surface area (Å²) in [5.74, 6) is -0.0643. The first-order valence-electron chi connectivity index (χ1n) is 11.1. The largest absolute Gasteiger partial charge is 0.493 e. The molecule has 6 rings (SSSR count). The van der Waals surface area contributed by atoms with Crippen LogP contribution in [0.15, 0.2) is 61.1 Å². The second kappa shape index (κ2) is 7.88. The van der Waals surface area contributed by atoms with Crippen molar-refractivity contribution in [2.75, 3.05) is 6.61 Å². The molecule has 0 unspecified atom stereocenters. The molecule has 34 heavy (non-hydrogen) atoms. The molecule has 1 aliphatic rings. The zero-order valence-electron chi connectivity index (χ0n) is 18.4. The number of aliphatic carboxylic acids is 1. The normalized spacial score (nSPS) is 12.6. The number of aromatic nitrogens is 4. The topological polar surface area (TPSA) is 98.1 Å². The zero-order valence-corrected chi connectivity index (χ0v) is 18.4. The van der Waals surface area contributed by atoms with Crippen LogP contribution in [0.25, 0.3) is 44.2 Å². The quantitative estimate of drug-likeness (QED) is 0.423. The van der Waals surface area contributed by atoms with E-state index in [9.17, 15) is 9.90 Å². The van der Waals surface area contributed by atoms with Crippen molar-refractivity contribution in [2.45, 2.75) is 19.8 Å². The monoisotopic (exact) mass is 448 g/mol. The number of nitrogens with zero attached hydrogens (tertiary/aromatic N) is 4. The Labute approximate surface area is 195 Å². The van der Waals surface area contributed by atoms with Gasteiger partial charge < -0.3 is 9.84 Å². The van der Waals surface area contributed by atoms with Crippen LogP contribution in [-0.2, 0) is 17.6 Å². The van der Waals surface area contributed by atoms with Crippen molar-refractivity contribution in [3.8, 4) is 28.1 Å². The van der Waals surface area contributed by atoms with Crippen molar-refractivity contribution in [3.05, 3.63) is 77.7 Å². The molecular formula is C27H20N4O3. The third-order valence-electron chi connectivity index (χ3n) is 6.37. The number of aryl methyl sites for hydroxylation is 1. The summed E-state index contributed by atoms with van der Waals surface area (Å²) in [5, 5.41) is 19.4. The molecule has 1 N–H and O–H groups in total. The summed E-state index contributed by atoms with van der Waals surface area (Å²) >= 11 is 0. The highest BCUT2D eigenvalue weighted by atomic mass is 16.5. The summed E-state index contributed by atoms with van der Waals surface area (Å²) in [6.07, 6.45) is 5.86. The summed E-state index contributed by atoms with van der Waals surface area (Å²) < 4.78 is 5.90. The van der Waals surface area contributed by atoms with Gasteiger partial charge in [-0.15, -0.1) is 0 Å². The zero-order chi connectivity index (χ0) is 23.2. The van der Waals surface area contributed by atoms with Crippen LogP contribution in [-0.4, -0.2) is 37.8 Å². The van der Waals surface area contributed by atoms with Gasteiger partial charge in [0.25, 0.3) is 0 Å². The maximum Gasteiger partial charge on any atom is 0.307 e. The Morgan fingerprint density at radius 2 is 2.00 bits per heavy atom. The third kappa shape index (κ3) is 3.25. The molecule has 5 aromatic rings. The molecule has 0 fully saturated rings. The number of hydrogen-bond donors (Lipinski definition) is 1. The Hall–Kier alpha value is -4.39. The molecule has 0 amide bonds. The molecule has 2 aromatic carbocycles. The van der Waals surface area contributed by atoms with E-state index in [1.165, 1.54) is 5.56 Å². The summed E-state index contributed by atoms with van der Waals surface area (Å²) in [4.78, 5) is 21.5. The number of rotatable bonds is 4. The van der Waals surface area contributed by atoms with E-state index in [0.29, 0.717) is 6.61 Å². The van der Waals surface area contributed by atoms with Crippen LogP contribution < -0.4 is 4.74 Å². The summed E-state index contributed by atoms with van der Waals surface area (Å²) in [5.41, 5.74) is 7.81. The average Bonchev–Trinajstić information content (AvgIpc) is 2.85. The van der Waals surface area contributed by atoms with E-state index in [4.69, 9.17) is 14.7 Å². The Morgan fingerprint density at radius 1 is 1.09 bits per heavy atom. The smallest absolute Gasteiger partial charge is 0.307 e. The van der Waals surface area contributed by atoms with Crippen molar-refractivity contribution in [3.63, 3.8) is 0 Å². The fraction of sp³-hybridized carbons (Fsp3) is 0.148. The lowest BCUT2D eigenvalue weighted by Crippen LogP contribution is -2.10. The van der Waals surface area contributed by atoms with Gasteiger partial charge in [0.05, 0.1) is 42.1 Å². The van der Waals surface area contributed by atoms with Gasteiger partial charge in [-0.3, -0.25) is 9.78 Å². The van der Waals surface area contributed by atoms with Gasteiger partial charge in [0.15, 0.2) is 0 Å². The fourth-order valence-corrected chi connectivity index (χ4v) is 4.84. The average molecular weight is 448 g/mol. The van der Waals surface area contributed by atoms with E-state index < -0.39 is 5.97 Å². The lowest BCUT2D eigenvalue weighted by molar-refractivity contribution is -0.136. The Morgan fingerprint density at radius 3 is 2.82 bits per heavy atom. The van der Waals surface area contributed by atoms with Gasteiger partial charge >= 0.3 is 5.97 Å². The van der Waals surface area contributed by atoms with Crippen LogP contribution >= 0.6 is 0 Å². The maximum atomic E-state index is 11.8. The first kappa shape index (κ1) is 20.2. The van der Waals surface area contributed by atoms with Crippen molar-refractivity contribution in [1.29, 1.82) is 0 Å². The molecule has 1 aliphatic heterocycles. The van der Waals surface area contributed by atoms with Crippen LogP contribution in [0.5, 0.6) is 5.75 Å². The van der Waals surface area contributed by atoms with Gasteiger partial charge in [0, 0.05) is 34.5 Å². The minimum absolute atomic E-state index is 0.0907. The maximum absolute atomic E-state index is 11.8. The number of fused-ring (bicyclic) bond motifs is 1. The fourth-order valence-electron chi connectivity index (χ4n) is 4.84. The van der Waals surface area contributed by atoms with E-state index in [2.05, 4.69) is 10.2 Å². The number of hydrogen-bond acceptors (Lipinski definition) is 6. The highest BCUT2D eigenvalue weighted by Crippen LogP contribution is 2.42. The Kier molecular flexibility index (Phi) is 4.69. The van der Waals surface area contributed by atoms with E-state index >= 15 is 0 Å². The molecule has 0 saturated heterocycles. The summed E-state index contributed by atoms with van der Waals surface area (Å²) in [6.45, 7) is 2.57. The van der Waals surface area contributed by atoms with E-state index in [1.54, 1.807) is 12.4 Å². The minimum atomic E-state index is -0.879. The molecule has 4 heterocycles. The van der Waals surface area contributed by atoms with Crippen LogP contribution in [0.4, 0.5) is 0 Å². The Balaban J connectivity index is 1.68. The number of carboxylic acid groups (broad SMARTS) is 1. The summed E-state index contributed by atoms with van der Waals surface area (Å²) in [6, 6.07) is 13.7. The predicted octanol–water partition coefficient (Wildman–Crippen LogP) is 4.78. The predicted molar refractivity (Wildman–Crippen MR) is 129 cm³/mol. The van der Waals surface area contributed by atoms with Gasteiger partial charge in [0.2, 0.25) is 0 Å². The molecule has 7 heteroatoms. The van der Waals surface area contributed by atoms with Crippen molar-refractivity contribution >= 4 is 27.8 Å². The lowest BCUT2D eigenvalue weighted by Gasteiger charge is -2.21. The van der Waals surface area contributed by atoms with Crippen LogP contribution in [0.2, 0.25) is 0 Å². The van der Waals surface area contributed by atoms with Gasteiger partial charge in [-0.05, 0) is 65.6 Å². The molecule has 0 atom stereocenters. The van der Waals surface area contributed by atoms with Gasteiger partial charge in [-0.2, -0.15) is 10.2 Å². The number of pyridine rings is 2. The molecule has 0 spiro atoms.